The number of nitrogens with zero attached hydrogens (tertiary/aromatic N) is 1. The van der Waals surface area contributed by atoms with Gasteiger partial charge in [0.25, 0.3) is 0 Å². The fourth-order valence-electron chi connectivity index (χ4n) is 2.33. The zero-order valence-corrected chi connectivity index (χ0v) is 16.1. The molecule has 0 amide bonds. The molecule has 1 aliphatic carbocycles. The third-order valence-electron chi connectivity index (χ3n) is 3.82. The summed E-state index contributed by atoms with van der Waals surface area (Å²) in [5.74, 6) is 0.514. The van der Waals surface area contributed by atoms with Gasteiger partial charge in [-0.1, -0.05) is 23.7 Å². The van der Waals surface area contributed by atoms with Crippen molar-refractivity contribution >= 4 is 41.5 Å². The summed E-state index contributed by atoms with van der Waals surface area (Å²) in [4.78, 5) is 4.48. The minimum Gasteiger partial charge on any atom is -0.382 e. The molecule has 0 aromatic heterocycles. The van der Waals surface area contributed by atoms with Gasteiger partial charge in [0.2, 0.25) is 0 Å². The van der Waals surface area contributed by atoms with Crippen molar-refractivity contribution < 1.29 is 4.74 Å². The van der Waals surface area contributed by atoms with Crippen LogP contribution in [-0.4, -0.2) is 32.3 Å². The molecule has 1 fully saturated rings. The topological polar surface area (TPSA) is 59.6 Å². The van der Waals surface area contributed by atoms with Crippen LogP contribution >= 0.6 is 35.6 Å². The monoisotopic (exact) mass is 437 g/mol. The van der Waals surface area contributed by atoms with Gasteiger partial charge in [-0.2, -0.15) is 0 Å². The molecule has 0 bridgehead atoms. The van der Waals surface area contributed by atoms with E-state index in [-0.39, 0.29) is 29.4 Å². The van der Waals surface area contributed by atoms with E-state index < -0.39 is 0 Å². The highest BCUT2D eigenvalue weighted by Crippen LogP contribution is 2.48. The minimum absolute atomic E-state index is 0. The van der Waals surface area contributed by atoms with Gasteiger partial charge in [-0.05, 0) is 43.9 Å². The lowest BCUT2D eigenvalue weighted by Crippen LogP contribution is -2.33. The van der Waals surface area contributed by atoms with Gasteiger partial charge in [0.05, 0.1) is 6.54 Å². The highest BCUT2D eigenvalue weighted by atomic mass is 127. The second-order valence-corrected chi connectivity index (χ2v) is 5.91. The van der Waals surface area contributed by atoms with Crippen LogP contribution in [0.15, 0.2) is 29.3 Å². The van der Waals surface area contributed by atoms with Crippen LogP contribution in [0, 0.1) is 0 Å². The molecule has 4 nitrogen and oxygen atoms in total. The molecule has 0 radical (unpaired) electrons. The summed E-state index contributed by atoms with van der Waals surface area (Å²) >= 11 is 6.07. The standard InChI is InChI=1S/C16H24ClN3O.HI/c1-2-21-10-4-9-19-15(18)20-12-16(7-8-16)13-5-3-6-14(17)11-13;/h3,5-6,11H,2,4,7-10,12H2,1H3,(H3,18,19,20);1H. The van der Waals surface area contributed by atoms with E-state index in [1.54, 1.807) is 0 Å². The fraction of sp³-hybridized carbons (Fsp3) is 0.562. The van der Waals surface area contributed by atoms with E-state index in [1.807, 2.05) is 25.1 Å². The van der Waals surface area contributed by atoms with E-state index in [1.165, 1.54) is 5.56 Å². The molecular formula is C16H25ClIN3O. The van der Waals surface area contributed by atoms with Gasteiger partial charge in [-0.25, -0.2) is 0 Å². The zero-order chi connectivity index (χ0) is 15.1. The van der Waals surface area contributed by atoms with Crippen LogP contribution in [0.5, 0.6) is 0 Å². The van der Waals surface area contributed by atoms with E-state index in [0.29, 0.717) is 5.96 Å². The van der Waals surface area contributed by atoms with Crippen molar-refractivity contribution in [2.45, 2.75) is 31.6 Å². The molecule has 1 aliphatic rings. The summed E-state index contributed by atoms with van der Waals surface area (Å²) in [6, 6.07) is 8.06. The molecular weight excluding hydrogens is 413 g/mol. The maximum Gasteiger partial charge on any atom is 0.188 e. The van der Waals surface area contributed by atoms with Crippen LogP contribution in [0.3, 0.4) is 0 Å². The van der Waals surface area contributed by atoms with Crippen molar-refractivity contribution in [1.82, 2.24) is 5.32 Å². The zero-order valence-electron chi connectivity index (χ0n) is 13.0. The van der Waals surface area contributed by atoms with Crippen molar-refractivity contribution in [3.63, 3.8) is 0 Å². The van der Waals surface area contributed by atoms with E-state index in [0.717, 1.165) is 50.6 Å². The van der Waals surface area contributed by atoms with Gasteiger partial charge < -0.3 is 15.8 Å². The van der Waals surface area contributed by atoms with Crippen LogP contribution in [0.1, 0.15) is 31.7 Å². The average molecular weight is 438 g/mol. The van der Waals surface area contributed by atoms with E-state index >= 15 is 0 Å². The Morgan fingerprint density at radius 2 is 2.23 bits per heavy atom. The molecule has 1 aromatic carbocycles. The molecule has 0 aliphatic heterocycles. The Labute approximate surface area is 154 Å². The summed E-state index contributed by atoms with van der Waals surface area (Å²) in [5.41, 5.74) is 7.31. The molecule has 1 saturated carbocycles. The summed E-state index contributed by atoms with van der Waals surface area (Å²) in [6.45, 7) is 5.01. The van der Waals surface area contributed by atoms with Crippen molar-refractivity contribution in [1.29, 1.82) is 0 Å². The number of aliphatic imine (C=N–C) groups is 1. The Morgan fingerprint density at radius 1 is 1.45 bits per heavy atom. The molecule has 0 unspecified atom stereocenters. The number of hydrogen-bond acceptors (Lipinski definition) is 2. The second kappa shape index (κ2) is 9.57. The first kappa shape index (κ1) is 19.5. The molecule has 6 heteroatoms. The normalized spacial score (nSPS) is 16.0. The lowest BCUT2D eigenvalue weighted by atomic mass is 9.96. The highest BCUT2D eigenvalue weighted by molar-refractivity contribution is 14.0. The van der Waals surface area contributed by atoms with E-state index in [9.17, 15) is 0 Å². The molecule has 0 spiro atoms. The number of rotatable bonds is 8. The molecule has 0 heterocycles. The maximum atomic E-state index is 6.07. The predicted molar refractivity (Wildman–Crippen MR) is 103 cm³/mol. The first-order chi connectivity index (χ1) is 10.2. The number of guanidine groups is 1. The lowest BCUT2D eigenvalue weighted by Gasteiger charge is -2.14. The van der Waals surface area contributed by atoms with Gasteiger partial charge in [0, 0.05) is 30.2 Å². The fourth-order valence-corrected chi connectivity index (χ4v) is 2.53. The molecule has 0 saturated heterocycles. The van der Waals surface area contributed by atoms with Crippen molar-refractivity contribution in [3.8, 4) is 0 Å². The minimum atomic E-state index is 0. The number of halogens is 2. The van der Waals surface area contributed by atoms with Crippen LogP contribution in [0.4, 0.5) is 0 Å². The Kier molecular flexibility index (Phi) is 8.49. The Bertz CT molecular complexity index is 492. The van der Waals surface area contributed by atoms with Gasteiger partial charge in [0.1, 0.15) is 0 Å². The first-order valence-electron chi connectivity index (χ1n) is 7.54. The molecule has 0 atom stereocenters. The summed E-state index contributed by atoms with van der Waals surface area (Å²) in [6.07, 6.45) is 3.23. The number of ether oxygens (including phenoxy) is 1. The third-order valence-corrected chi connectivity index (χ3v) is 4.05. The van der Waals surface area contributed by atoms with Gasteiger partial charge in [-0.3, -0.25) is 4.99 Å². The molecule has 22 heavy (non-hydrogen) atoms. The van der Waals surface area contributed by atoms with E-state index in [2.05, 4.69) is 16.4 Å². The Balaban J connectivity index is 0.00000242. The predicted octanol–water partition coefficient (Wildman–Crippen LogP) is 3.32. The molecule has 3 N–H and O–H groups in total. The van der Waals surface area contributed by atoms with Crippen LogP contribution < -0.4 is 11.1 Å². The Hall–Kier alpha value is -0.530. The van der Waals surface area contributed by atoms with Gasteiger partial charge >= 0.3 is 0 Å². The third kappa shape index (κ3) is 5.93. The molecule has 1 aromatic rings. The number of hydrogen-bond donors (Lipinski definition) is 2. The average Bonchev–Trinajstić information content (AvgIpc) is 3.26. The summed E-state index contributed by atoms with van der Waals surface area (Å²) < 4.78 is 5.28. The van der Waals surface area contributed by atoms with Crippen molar-refractivity contribution in [2.75, 3.05) is 26.3 Å². The van der Waals surface area contributed by atoms with Crippen molar-refractivity contribution in [3.05, 3.63) is 34.9 Å². The van der Waals surface area contributed by atoms with Crippen molar-refractivity contribution in [2.24, 2.45) is 10.7 Å². The summed E-state index contributed by atoms with van der Waals surface area (Å²) in [5, 5.41) is 3.91. The van der Waals surface area contributed by atoms with Gasteiger partial charge in [-0.15, -0.1) is 24.0 Å². The largest absolute Gasteiger partial charge is 0.382 e. The smallest absolute Gasteiger partial charge is 0.188 e. The highest BCUT2D eigenvalue weighted by Gasteiger charge is 2.44. The van der Waals surface area contributed by atoms with Crippen LogP contribution in [-0.2, 0) is 10.2 Å². The Morgan fingerprint density at radius 3 is 2.86 bits per heavy atom. The summed E-state index contributed by atoms with van der Waals surface area (Å²) in [7, 11) is 0. The van der Waals surface area contributed by atoms with E-state index in [4.69, 9.17) is 22.1 Å². The second-order valence-electron chi connectivity index (χ2n) is 5.47. The van der Waals surface area contributed by atoms with Gasteiger partial charge in [0.15, 0.2) is 5.96 Å². The maximum absolute atomic E-state index is 6.07. The SMILES string of the molecule is CCOCCCNC(N)=NCC1(c2cccc(Cl)c2)CC1.I. The lowest BCUT2D eigenvalue weighted by molar-refractivity contribution is 0.145. The molecule has 124 valence electrons. The van der Waals surface area contributed by atoms with Crippen LogP contribution in [0.2, 0.25) is 5.02 Å². The van der Waals surface area contributed by atoms with Crippen LogP contribution in [0.25, 0.3) is 0 Å². The number of nitrogens with two attached hydrogens (primary N) is 1. The molecule has 2 rings (SSSR count). The number of nitrogens with one attached hydrogen (secondary N) is 1. The quantitative estimate of drug-likeness (QED) is 0.284. The first-order valence-corrected chi connectivity index (χ1v) is 7.92. The number of benzene rings is 1.